The predicted molar refractivity (Wildman–Crippen MR) is 87.4 cm³/mol. The second kappa shape index (κ2) is 6.36. The molecule has 0 saturated carbocycles. The van der Waals surface area contributed by atoms with E-state index in [1.54, 1.807) is 24.3 Å². The Balaban J connectivity index is 1.69. The number of para-hydroxylation sites is 1. The molecule has 1 amide bonds. The number of rotatable bonds is 5. The maximum atomic E-state index is 12.3. The summed E-state index contributed by atoms with van der Waals surface area (Å²) in [5.41, 5.74) is 1.71. The number of fused-ring (bicyclic) bond motifs is 1. The van der Waals surface area contributed by atoms with Gasteiger partial charge in [-0.25, -0.2) is 0 Å². The number of Topliss-reactive ketones (excluding diaryl/α,β-unsaturated/α-hetero) is 1. The lowest BCUT2D eigenvalue weighted by atomic mass is 10.1. The number of benzene rings is 2. The lowest BCUT2D eigenvalue weighted by Gasteiger charge is -2.04. The monoisotopic (exact) mass is 308 g/mol. The Bertz CT molecular complexity index is 853. The first-order valence-corrected chi connectivity index (χ1v) is 7.33. The van der Waals surface area contributed by atoms with Gasteiger partial charge in [0.1, 0.15) is 0 Å². The lowest BCUT2D eigenvalue weighted by Crippen LogP contribution is -2.32. The topological polar surface area (TPSA) is 82.2 Å². The predicted octanol–water partition coefficient (Wildman–Crippen LogP) is 2.42. The highest BCUT2D eigenvalue weighted by molar-refractivity contribution is 6.45. The minimum atomic E-state index is -0.743. The molecule has 3 N–H and O–H groups in total. The van der Waals surface area contributed by atoms with E-state index in [1.807, 2.05) is 30.3 Å². The summed E-state index contributed by atoms with van der Waals surface area (Å²) in [4.78, 5) is 27.0. The van der Waals surface area contributed by atoms with Crippen molar-refractivity contribution in [2.45, 2.75) is 6.42 Å². The summed E-state index contributed by atoms with van der Waals surface area (Å²) >= 11 is 0. The van der Waals surface area contributed by atoms with E-state index < -0.39 is 11.7 Å². The molecule has 0 unspecified atom stereocenters. The van der Waals surface area contributed by atoms with Crippen LogP contribution in [0, 0.1) is 0 Å². The van der Waals surface area contributed by atoms with Gasteiger partial charge in [-0.1, -0.05) is 48.5 Å². The highest BCUT2D eigenvalue weighted by Crippen LogP contribution is 2.27. The molecule has 0 saturated heterocycles. The van der Waals surface area contributed by atoms with Gasteiger partial charge in [0.25, 0.3) is 11.7 Å². The Kier molecular flexibility index (Phi) is 4.10. The van der Waals surface area contributed by atoms with E-state index in [0.717, 1.165) is 5.56 Å². The van der Waals surface area contributed by atoms with Gasteiger partial charge in [-0.05, 0) is 18.1 Å². The number of hydrogen-bond donors (Lipinski definition) is 3. The van der Waals surface area contributed by atoms with E-state index in [9.17, 15) is 14.7 Å². The number of carbonyl (C=O) groups is 2. The third-order valence-electron chi connectivity index (χ3n) is 3.66. The minimum absolute atomic E-state index is 0.0119. The largest absolute Gasteiger partial charge is 0.494 e. The fraction of sp³-hybridized carbons (Fsp3) is 0.111. The number of nitrogens with one attached hydrogen (secondary N) is 2. The molecular weight excluding hydrogens is 292 g/mol. The Hall–Kier alpha value is -3.08. The van der Waals surface area contributed by atoms with Gasteiger partial charge in [-0.2, -0.15) is 0 Å². The summed E-state index contributed by atoms with van der Waals surface area (Å²) in [5.74, 6) is -1.75. The average molecular weight is 308 g/mol. The summed E-state index contributed by atoms with van der Waals surface area (Å²) in [6.07, 6.45) is 0.639. The van der Waals surface area contributed by atoms with Crippen molar-refractivity contribution in [2.75, 3.05) is 6.54 Å². The molecule has 0 bridgehead atoms. The van der Waals surface area contributed by atoms with Crippen LogP contribution in [0.25, 0.3) is 10.9 Å². The zero-order chi connectivity index (χ0) is 16.2. The van der Waals surface area contributed by atoms with Crippen LogP contribution in [-0.4, -0.2) is 28.3 Å². The van der Waals surface area contributed by atoms with Crippen molar-refractivity contribution in [2.24, 2.45) is 0 Å². The molecule has 3 aromatic rings. The number of amides is 1. The first kappa shape index (κ1) is 14.8. The van der Waals surface area contributed by atoms with Crippen LogP contribution in [0.4, 0.5) is 0 Å². The maximum absolute atomic E-state index is 12.3. The highest BCUT2D eigenvalue weighted by atomic mass is 16.3. The van der Waals surface area contributed by atoms with Gasteiger partial charge in [0.2, 0.25) is 5.88 Å². The minimum Gasteiger partial charge on any atom is -0.494 e. The Morgan fingerprint density at radius 3 is 2.48 bits per heavy atom. The standard InChI is InChI=1S/C18H16N2O3/c21-16(15-13-8-4-5-9-14(13)20-17(15)22)18(23)19-11-10-12-6-2-1-3-7-12/h1-9,20,22H,10-11H2,(H,19,23). The number of aromatic hydroxyl groups is 1. The van der Waals surface area contributed by atoms with Gasteiger partial charge >= 0.3 is 0 Å². The highest BCUT2D eigenvalue weighted by Gasteiger charge is 2.23. The van der Waals surface area contributed by atoms with E-state index in [0.29, 0.717) is 23.9 Å². The van der Waals surface area contributed by atoms with Crippen molar-refractivity contribution in [3.63, 3.8) is 0 Å². The Morgan fingerprint density at radius 2 is 1.70 bits per heavy atom. The van der Waals surface area contributed by atoms with Gasteiger partial charge in [-0.3, -0.25) is 9.59 Å². The van der Waals surface area contributed by atoms with E-state index in [2.05, 4.69) is 10.3 Å². The molecular formula is C18H16N2O3. The van der Waals surface area contributed by atoms with Gasteiger partial charge in [0.05, 0.1) is 5.56 Å². The number of aromatic amines is 1. The van der Waals surface area contributed by atoms with Crippen LogP contribution in [0.5, 0.6) is 5.88 Å². The molecule has 0 aliphatic rings. The van der Waals surface area contributed by atoms with Gasteiger partial charge in [0.15, 0.2) is 0 Å². The fourth-order valence-electron chi connectivity index (χ4n) is 2.52. The van der Waals surface area contributed by atoms with Gasteiger partial charge in [0, 0.05) is 17.4 Å². The number of H-pyrrole nitrogens is 1. The number of ketones is 1. The summed E-state index contributed by atoms with van der Waals surface area (Å²) in [6.45, 7) is 0.359. The summed E-state index contributed by atoms with van der Waals surface area (Å²) in [5, 5.41) is 13.0. The van der Waals surface area contributed by atoms with Crippen molar-refractivity contribution in [1.29, 1.82) is 0 Å². The van der Waals surface area contributed by atoms with E-state index in [-0.39, 0.29) is 11.4 Å². The summed E-state index contributed by atoms with van der Waals surface area (Å²) in [6, 6.07) is 16.6. The lowest BCUT2D eigenvalue weighted by molar-refractivity contribution is -0.116. The van der Waals surface area contributed by atoms with E-state index >= 15 is 0 Å². The molecule has 0 atom stereocenters. The zero-order valence-corrected chi connectivity index (χ0v) is 12.4. The van der Waals surface area contributed by atoms with E-state index in [1.165, 1.54) is 0 Å². The van der Waals surface area contributed by atoms with Crippen molar-refractivity contribution in [3.8, 4) is 5.88 Å². The van der Waals surface area contributed by atoms with Crippen LogP contribution >= 0.6 is 0 Å². The van der Waals surface area contributed by atoms with Crippen LogP contribution < -0.4 is 5.32 Å². The molecule has 0 radical (unpaired) electrons. The first-order valence-electron chi connectivity index (χ1n) is 7.33. The molecule has 5 nitrogen and oxygen atoms in total. The molecule has 2 aromatic carbocycles. The second-order valence-electron chi connectivity index (χ2n) is 5.21. The molecule has 1 heterocycles. The maximum Gasteiger partial charge on any atom is 0.292 e. The third-order valence-corrected chi connectivity index (χ3v) is 3.66. The quantitative estimate of drug-likeness (QED) is 0.500. The number of carbonyl (C=O) groups excluding carboxylic acids is 2. The molecule has 5 heteroatoms. The Morgan fingerprint density at radius 1 is 1.00 bits per heavy atom. The molecule has 0 aliphatic heterocycles. The van der Waals surface area contributed by atoms with Crippen LogP contribution in [0.15, 0.2) is 54.6 Å². The molecule has 1 aromatic heterocycles. The second-order valence-corrected chi connectivity index (χ2v) is 5.21. The number of aromatic nitrogens is 1. The van der Waals surface area contributed by atoms with Crippen molar-refractivity contribution < 1.29 is 14.7 Å². The summed E-state index contributed by atoms with van der Waals surface area (Å²) in [7, 11) is 0. The normalized spacial score (nSPS) is 10.6. The van der Waals surface area contributed by atoms with Gasteiger partial charge < -0.3 is 15.4 Å². The molecule has 0 aliphatic carbocycles. The smallest absolute Gasteiger partial charge is 0.292 e. The van der Waals surface area contributed by atoms with Crippen LogP contribution in [0.3, 0.4) is 0 Å². The van der Waals surface area contributed by atoms with Crippen molar-refractivity contribution in [3.05, 3.63) is 65.7 Å². The SMILES string of the molecule is O=C(NCCc1ccccc1)C(=O)c1c(O)[nH]c2ccccc12. The number of hydrogen-bond acceptors (Lipinski definition) is 3. The van der Waals surface area contributed by atoms with Crippen molar-refractivity contribution >= 4 is 22.6 Å². The van der Waals surface area contributed by atoms with Crippen LogP contribution in [-0.2, 0) is 11.2 Å². The fourth-order valence-corrected chi connectivity index (χ4v) is 2.52. The average Bonchev–Trinajstić information content (AvgIpc) is 2.90. The summed E-state index contributed by atoms with van der Waals surface area (Å²) < 4.78 is 0. The van der Waals surface area contributed by atoms with Gasteiger partial charge in [-0.15, -0.1) is 0 Å². The van der Waals surface area contributed by atoms with E-state index in [4.69, 9.17) is 0 Å². The van der Waals surface area contributed by atoms with Crippen LogP contribution in [0.2, 0.25) is 0 Å². The molecule has 23 heavy (non-hydrogen) atoms. The third kappa shape index (κ3) is 3.08. The zero-order valence-electron chi connectivity index (χ0n) is 12.4. The molecule has 3 rings (SSSR count). The van der Waals surface area contributed by atoms with Crippen molar-refractivity contribution in [1.82, 2.24) is 10.3 Å². The van der Waals surface area contributed by atoms with Crippen LogP contribution in [0.1, 0.15) is 15.9 Å². The first-order chi connectivity index (χ1) is 11.2. The Labute approximate surface area is 133 Å². The molecule has 0 fully saturated rings. The molecule has 116 valence electrons. The molecule has 0 spiro atoms.